The molecule has 1 radical (unpaired) electrons. The first-order valence-corrected chi connectivity index (χ1v) is 24.5. The van der Waals surface area contributed by atoms with Crippen molar-refractivity contribution in [3.8, 4) is 39.5 Å². The summed E-state index contributed by atoms with van der Waals surface area (Å²) >= 11 is 0. The number of fused-ring (bicyclic) bond motifs is 4. The average Bonchev–Trinajstić information content (AvgIpc) is 3.83. The number of para-hydroxylation sites is 2. The summed E-state index contributed by atoms with van der Waals surface area (Å²) in [5, 5.41) is 3.18. The topological polar surface area (TPSA) is 43.9 Å². The SMILES string of the molecule is Cc1ccc2c(c1)oc1c(-c3nc4ccccc4n3-c3ccc(C(C)(C)C)cc3-c3ccccc3)[c-]ccc12.[2H]C([2H])([2H])c1c[c-]c(-c2cc(C([2H])([2H])C(C)(C)C)c([Si](C)(C)C)cn2)cc1.[Ir]. The molecule has 9 rings (SSSR count). The van der Waals surface area contributed by atoms with Crippen molar-refractivity contribution in [3.63, 3.8) is 0 Å². The Morgan fingerprint density at radius 3 is 2.23 bits per heavy atom. The summed E-state index contributed by atoms with van der Waals surface area (Å²) in [7, 11) is -1.81. The minimum atomic E-state index is -2.17. The summed E-state index contributed by atoms with van der Waals surface area (Å²) in [5.74, 6) is 0.818. The molecule has 0 saturated heterocycles. The Morgan fingerprint density at radius 2 is 1.53 bits per heavy atom. The summed E-state index contributed by atoms with van der Waals surface area (Å²) < 4.78 is 48.8. The summed E-state index contributed by atoms with van der Waals surface area (Å²) in [6.07, 6.45) is 0.269. The monoisotopic (exact) mass is 1010 g/mol. The van der Waals surface area contributed by atoms with Crippen LogP contribution >= 0.6 is 0 Å². The maximum atomic E-state index is 8.79. The van der Waals surface area contributed by atoms with Gasteiger partial charge in [0, 0.05) is 49.8 Å². The summed E-state index contributed by atoms with van der Waals surface area (Å²) in [4.78, 5) is 9.73. The van der Waals surface area contributed by atoms with Crippen molar-refractivity contribution in [2.45, 2.75) is 86.7 Å². The zero-order chi connectivity index (χ0) is 47.6. The van der Waals surface area contributed by atoms with Crippen LogP contribution in [0.3, 0.4) is 0 Å². The van der Waals surface area contributed by atoms with E-state index in [1.807, 2.05) is 39.0 Å². The first kappa shape index (κ1) is 38.3. The third-order valence-corrected chi connectivity index (χ3v) is 12.9. The van der Waals surface area contributed by atoms with E-state index in [1.165, 1.54) is 28.3 Å². The number of rotatable bonds is 6. The number of hydrogen-bond acceptors (Lipinski definition) is 3. The van der Waals surface area contributed by atoms with Gasteiger partial charge in [0.1, 0.15) is 5.58 Å². The second kappa shape index (κ2) is 17.4. The van der Waals surface area contributed by atoms with Gasteiger partial charge in [0.2, 0.25) is 0 Å². The fraction of sp³-hybridized carbons (Fsp3) is 0.250. The van der Waals surface area contributed by atoms with Gasteiger partial charge in [-0.2, -0.15) is 0 Å². The molecule has 0 spiro atoms. The Labute approximate surface area is 389 Å². The maximum Gasteiger partial charge on any atom is 0.121 e. The first-order valence-electron chi connectivity index (χ1n) is 23.5. The molecule has 0 aliphatic carbocycles. The van der Waals surface area contributed by atoms with Crippen molar-refractivity contribution in [1.82, 2.24) is 14.5 Å². The van der Waals surface area contributed by atoms with Crippen LogP contribution in [0.4, 0.5) is 0 Å². The van der Waals surface area contributed by atoms with E-state index in [4.69, 9.17) is 16.3 Å². The smallest absolute Gasteiger partial charge is 0.121 e. The van der Waals surface area contributed by atoms with E-state index >= 15 is 0 Å². The molecule has 3 aromatic heterocycles. The Hall–Kier alpha value is -5.39. The normalized spacial score (nSPS) is 13.7. The Bertz CT molecular complexity index is 3230. The molecule has 0 atom stereocenters. The van der Waals surface area contributed by atoms with Crippen molar-refractivity contribution >= 4 is 46.2 Å². The van der Waals surface area contributed by atoms with E-state index in [9.17, 15) is 0 Å². The molecule has 6 aromatic carbocycles. The number of furan rings is 1. The van der Waals surface area contributed by atoms with Crippen LogP contribution in [-0.2, 0) is 31.9 Å². The third-order valence-electron chi connectivity index (χ3n) is 10.9. The minimum Gasteiger partial charge on any atom is -0.501 e. The van der Waals surface area contributed by atoms with Crippen LogP contribution in [0.1, 0.15) is 70.7 Å². The fourth-order valence-electron chi connectivity index (χ4n) is 7.79. The van der Waals surface area contributed by atoms with E-state index in [2.05, 4.69) is 160 Å². The van der Waals surface area contributed by atoms with Gasteiger partial charge in [0.15, 0.2) is 0 Å². The van der Waals surface area contributed by atoms with Gasteiger partial charge in [0.25, 0.3) is 0 Å². The largest absolute Gasteiger partial charge is 0.501 e. The first-order chi connectivity index (χ1) is 30.9. The molecule has 0 N–H and O–H groups in total. The molecule has 9 aromatic rings. The predicted molar refractivity (Wildman–Crippen MR) is 261 cm³/mol. The van der Waals surface area contributed by atoms with Crippen LogP contribution < -0.4 is 5.19 Å². The van der Waals surface area contributed by atoms with Gasteiger partial charge in [-0.1, -0.05) is 151 Å². The van der Waals surface area contributed by atoms with Gasteiger partial charge in [0.05, 0.1) is 30.5 Å². The van der Waals surface area contributed by atoms with Crippen LogP contribution in [0, 0.1) is 31.3 Å². The predicted octanol–water partition coefficient (Wildman–Crippen LogP) is 14.7. The Morgan fingerprint density at radius 1 is 0.790 bits per heavy atom. The maximum absolute atomic E-state index is 8.79. The molecule has 0 amide bonds. The van der Waals surface area contributed by atoms with E-state index in [1.54, 1.807) is 18.3 Å². The standard InChI is InChI=1S/C36H29N2O.C20H28NSi.Ir/c1-23-17-19-26-27-13-10-14-28(34(27)39-33(26)21-23)35-37-30-15-8-9-16-32(30)38(35)31-20-18-25(36(2,3)4)22-29(31)24-11-6-5-7-12-24;1-15-8-10-16(11-9-15)18-12-17(13-20(2,3)4)19(14-21-18)22(5,6)7;/h5-13,15-22H,1-4H3;8-10,12,14H,13H2,1-7H3;/q2*-1;/i;1D3,13D2;. The van der Waals surface area contributed by atoms with E-state index in [0.717, 1.165) is 55.2 Å². The van der Waals surface area contributed by atoms with Crippen LogP contribution in [0.5, 0.6) is 0 Å². The van der Waals surface area contributed by atoms with E-state index in [-0.39, 0.29) is 31.1 Å². The van der Waals surface area contributed by atoms with Crippen molar-refractivity contribution < 1.29 is 31.4 Å². The fourth-order valence-corrected chi connectivity index (χ4v) is 9.19. The van der Waals surface area contributed by atoms with Crippen molar-refractivity contribution in [2.75, 3.05) is 0 Å². The minimum absolute atomic E-state index is 0. The van der Waals surface area contributed by atoms with E-state index in [0.29, 0.717) is 16.8 Å². The van der Waals surface area contributed by atoms with Gasteiger partial charge in [-0.3, -0.25) is 4.98 Å². The molecular weight excluding hydrogens is 951 g/mol. The van der Waals surface area contributed by atoms with Crippen LogP contribution in [0.25, 0.3) is 72.4 Å². The van der Waals surface area contributed by atoms with Crippen molar-refractivity contribution in [3.05, 3.63) is 168 Å². The number of benzene rings is 6. The molecule has 0 unspecified atom stereocenters. The summed E-state index contributed by atoms with van der Waals surface area (Å²) in [6, 6.07) is 49.2. The number of imidazole rings is 1. The summed E-state index contributed by atoms with van der Waals surface area (Å²) in [6.45, 7) is 18.9. The van der Waals surface area contributed by atoms with Crippen LogP contribution in [-0.4, -0.2) is 22.6 Å². The average molecular weight is 1010 g/mol. The molecule has 317 valence electrons. The number of aromatic nitrogens is 3. The quantitative estimate of drug-likeness (QED) is 0.123. The summed E-state index contributed by atoms with van der Waals surface area (Å²) in [5.41, 5.74) is 12.0. The van der Waals surface area contributed by atoms with Crippen LogP contribution in [0.15, 0.2) is 138 Å². The molecule has 0 aliphatic rings. The van der Waals surface area contributed by atoms with Gasteiger partial charge >= 0.3 is 0 Å². The zero-order valence-corrected chi connectivity index (χ0v) is 40.7. The van der Waals surface area contributed by atoms with Crippen molar-refractivity contribution in [1.29, 1.82) is 0 Å². The molecule has 3 heterocycles. The molecule has 0 aliphatic heterocycles. The Balaban J connectivity index is 0.000000211. The zero-order valence-electron chi connectivity index (χ0n) is 42.3. The van der Waals surface area contributed by atoms with Crippen LogP contribution in [0.2, 0.25) is 19.6 Å². The molecule has 6 heteroatoms. The van der Waals surface area contributed by atoms with Gasteiger partial charge in [-0.05, 0) is 82.0 Å². The molecule has 62 heavy (non-hydrogen) atoms. The number of aryl methyl sites for hydroxylation is 2. The van der Waals surface area contributed by atoms with E-state index < -0.39 is 26.7 Å². The van der Waals surface area contributed by atoms with Gasteiger partial charge in [-0.25, -0.2) is 0 Å². The van der Waals surface area contributed by atoms with Crippen molar-refractivity contribution in [2.24, 2.45) is 5.41 Å². The molecule has 0 bridgehead atoms. The number of pyridine rings is 1. The Kier molecular flexibility index (Phi) is 10.7. The molecule has 0 fully saturated rings. The van der Waals surface area contributed by atoms with Gasteiger partial charge in [-0.15, -0.1) is 53.6 Å². The molecular formula is C56H57IrN3OSi-2. The van der Waals surface area contributed by atoms with Gasteiger partial charge < -0.3 is 14.0 Å². The second-order valence-corrected chi connectivity index (χ2v) is 24.1. The third kappa shape index (κ3) is 9.34. The molecule has 0 saturated carbocycles. The number of hydrogen-bond donors (Lipinski definition) is 0. The molecule has 4 nitrogen and oxygen atoms in total. The second-order valence-electron chi connectivity index (χ2n) is 19.0. The number of nitrogens with zero attached hydrogens (tertiary/aromatic N) is 3.